The number of rotatable bonds is 5. The van der Waals surface area contributed by atoms with Crippen LogP contribution in [0.5, 0.6) is 17.2 Å². The van der Waals surface area contributed by atoms with Gasteiger partial charge in [-0.05, 0) is 35.9 Å². The number of hydrogen-bond donors (Lipinski definition) is 0. The number of fused-ring (bicyclic) bond motifs is 3. The van der Waals surface area contributed by atoms with Crippen LogP contribution >= 0.6 is 11.3 Å². The molecule has 1 aliphatic rings. The highest BCUT2D eigenvalue weighted by molar-refractivity contribution is 7.15. The largest absolute Gasteiger partial charge is 0.497 e. The third kappa shape index (κ3) is 2.93. The quantitative estimate of drug-likeness (QED) is 0.488. The van der Waals surface area contributed by atoms with Crippen molar-refractivity contribution < 1.29 is 14.2 Å². The van der Waals surface area contributed by atoms with E-state index in [1.54, 1.807) is 38.9 Å². The molecule has 0 N–H and O–H groups in total. The lowest BCUT2D eigenvalue weighted by Gasteiger charge is -2.06. The Morgan fingerprint density at radius 2 is 1.77 bits per heavy atom. The fourth-order valence-corrected chi connectivity index (χ4v) is 3.96. The van der Waals surface area contributed by atoms with Crippen molar-refractivity contribution in [1.29, 1.82) is 0 Å². The number of benzene rings is 2. The molecule has 132 valence electrons. The molecule has 4 rings (SSSR count). The van der Waals surface area contributed by atoms with Crippen LogP contribution in [0.2, 0.25) is 0 Å². The first-order valence-electron chi connectivity index (χ1n) is 8.15. The van der Waals surface area contributed by atoms with Crippen molar-refractivity contribution >= 4 is 22.7 Å². The van der Waals surface area contributed by atoms with E-state index in [0.29, 0.717) is 0 Å². The van der Waals surface area contributed by atoms with Gasteiger partial charge in [-0.15, -0.1) is 0 Å². The number of nitrogens with zero attached hydrogens (tertiary/aromatic N) is 2. The number of thiazole rings is 1. The summed E-state index contributed by atoms with van der Waals surface area (Å²) in [7, 11) is 4.95. The van der Waals surface area contributed by atoms with Crippen LogP contribution in [0.1, 0.15) is 16.0 Å². The molecule has 0 aliphatic heterocycles. The van der Waals surface area contributed by atoms with Gasteiger partial charge in [-0.25, -0.2) is 9.98 Å². The number of methoxy groups -OCH3 is 3. The minimum Gasteiger partial charge on any atom is -0.497 e. The predicted molar refractivity (Wildman–Crippen MR) is 104 cm³/mol. The van der Waals surface area contributed by atoms with Gasteiger partial charge in [0.1, 0.15) is 17.2 Å². The van der Waals surface area contributed by atoms with Crippen LogP contribution in [0.4, 0.5) is 5.13 Å². The molecule has 0 unspecified atom stereocenters. The summed E-state index contributed by atoms with van der Waals surface area (Å²) in [6, 6.07) is 11.8. The summed E-state index contributed by atoms with van der Waals surface area (Å²) in [4.78, 5) is 10.5. The topological polar surface area (TPSA) is 52.9 Å². The maximum atomic E-state index is 5.41. The Bertz CT molecular complexity index is 995. The molecule has 1 aromatic heterocycles. The van der Waals surface area contributed by atoms with Crippen molar-refractivity contribution in [3.8, 4) is 28.5 Å². The summed E-state index contributed by atoms with van der Waals surface area (Å²) >= 11 is 1.62. The van der Waals surface area contributed by atoms with Crippen molar-refractivity contribution in [3.05, 3.63) is 52.4 Å². The average Bonchev–Trinajstić information content (AvgIpc) is 3.22. The maximum Gasteiger partial charge on any atom is 0.209 e. The van der Waals surface area contributed by atoms with Crippen LogP contribution in [0.25, 0.3) is 11.3 Å². The molecule has 0 bridgehead atoms. The van der Waals surface area contributed by atoms with Gasteiger partial charge in [0.25, 0.3) is 0 Å². The molecule has 0 spiro atoms. The summed E-state index contributed by atoms with van der Waals surface area (Å²) in [6.45, 7) is 0. The predicted octanol–water partition coefficient (Wildman–Crippen LogP) is 4.49. The first kappa shape index (κ1) is 16.6. The highest BCUT2D eigenvalue weighted by Crippen LogP contribution is 2.43. The lowest BCUT2D eigenvalue weighted by molar-refractivity contribution is 0.394. The molecule has 6 heteroatoms. The van der Waals surface area contributed by atoms with E-state index >= 15 is 0 Å². The van der Waals surface area contributed by atoms with E-state index in [0.717, 1.165) is 40.1 Å². The second kappa shape index (κ2) is 6.80. The van der Waals surface area contributed by atoms with Crippen molar-refractivity contribution in [1.82, 2.24) is 4.98 Å². The molecule has 5 nitrogen and oxygen atoms in total. The minimum atomic E-state index is 0.717. The Morgan fingerprint density at radius 1 is 1.00 bits per heavy atom. The van der Waals surface area contributed by atoms with Crippen molar-refractivity contribution in [2.45, 2.75) is 6.42 Å². The van der Waals surface area contributed by atoms with E-state index in [1.165, 1.54) is 16.0 Å². The first-order chi connectivity index (χ1) is 12.7. The highest BCUT2D eigenvalue weighted by Gasteiger charge is 2.23. The van der Waals surface area contributed by atoms with E-state index in [-0.39, 0.29) is 0 Å². The van der Waals surface area contributed by atoms with E-state index in [4.69, 9.17) is 19.2 Å². The smallest absolute Gasteiger partial charge is 0.209 e. The van der Waals surface area contributed by atoms with Gasteiger partial charge < -0.3 is 14.2 Å². The third-order valence-corrected chi connectivity index (χ3v) is 5.32. The summed E-state index contributed by atoms with van der Waals surface area (Å²) in [5, 5.41) is 0.745. The molecular weight excluding hydrogens is 348 g/mol. The standard InChI is InChI=1S/C20H18N2O3S/c1-23-14-6-7-16-13(8-14)9-18-19(16)22-20(26-18)21-11-12-4-5-15(24-2)10-17(12)25-3/h4-8,10-11H,9H2,1-3H3. The summed E-state index contributed by atoms with van der Waals surface area (Å²) in [5.74, 6) is 2.35. The molecule has 1 heterocycles. The van der Waals surface area contributed by atoms with Gasteiger partial charge in [0.05, 0.1) is 27.0 Å². The van der Waals surface area contributed by atoms with E-state index < -0.39 is 0 Å². The highest BCUT2D eigenvalue weighted by atomic mass is 32.1. The van der Waals surface area contributed by atoms with Crippen LogP contribution in [0, 0.1) is 0 Å². The zero-order valence-corrected chi connectivity index (χ0v) is 15.6. The molecule has 3 aromatic rings. The third-order valence-electron chi connectivity index (χ3n) is 4.36. The van der Waals surface area contributed by atoms with Crippen LogP contribution < -0.4 is 14.2 Å². The van der Waals surface area contributed by atoms with Gasteiger partial charge in [0, 0.05) is 34.7 Å². The van der Waals surface area contributed by atoms with Crippen molar-refractivity contribution in [3.63, 3.8) is 0 Å². The minimum absolute atomic E-state index is 0.717. The zero-order chi connectivity index (χ0) is 18.1. The zero-order valence-electron chi connectivity index (χ0n) is 14.8. The molecule has 1 aliphatic carbocycles. The average molecular weight is 366 g/mol. The van der Waals surface area contributed by atoms with Crippen LogP contribution in [0.15, 0.2) is 41.4 Å². The Hall–Kier alpha value is -2.86. The summed E-state index contributed by atoms with van der Waals surface area (Å²) < 4.78 is 15.9. The summed E-state index contributed by atoms with van der Waals surface area (Å²) in [5.41, 5.74) is 4.33. The normalized spacial score (nSPS) is 12.1. The van der Waals surface area contributed by atoms with Crippen molar-refractivity contribution in [2.24, 2.45) is 4.99 Å². The molecule has 0 radical (unpaired) electrons. The molecule has 0 amide bonds. The molecule has 0 saturated carbocycles. The molecule has 0 fully saturated rings. The van der Waals surface area contributed by atoms with Crippen LogP contribution in [0.3, 0.4) is 0 Å². The Morgan fingerprint density at radius 3 is 2.54 bits per heavy atom. The van der Waals surface area contributed by atoms with E-state index in [1.807, 2.05) is 24.3 Å². The monoisotopic (exact) mass is 366 g/mol. The van der Waals surface area contributed by atoms with Gasteiger partial charge in [-0.3, -0.25) is 0 Å². The van der Waals surface area contributed by atoms with Gasteiger partial charge in [-0.1, -0.05) is 11.3 Å². The van der Waals surface area contributed by atoms with E-state index in [2.05, 4.69) is 17.1 Å². The first-order valence-corrected chi connectivity index (χ1v) is 8.96. The fraction of sp³-hybridized carbons (Fsp3) is 0.200. The fourth-order valence-electron chi connectivity index (χ4n) is 3.02. The summed E-state index contributed by atoms with van der Waals surface area (Å²) in [6.07, 6.45) is 2.65. The van der Waals surface area contributed by atoms with Gasteiger partial charge in [0.2, 0.25) is 5.13 Å². The SMILES string of the molecule is COc1ccc2c(c1)Cc1sc(N=Cc3ccc(OC)cc3OC)nc1-2. The lowest BCUT2D eigenvalue weighted by Crippen LogP contribution is -1.92. The maximum absolute atomic E-state index is 5.41. The second-order valence-electron chi connectivity index (χ2n) is 5.83. The number of aliphatic imine (C=N–C) groups is 1. The number of aromatic nitrogens is 1. The molecule has 2 aromatic carbocycles. The van der Waals surface area contributed by atoms with Gasteiger partial charge >= 0.3 is 0 Å². The lowest BCUT2D eigenvalue weighted by atomic mass is 10.1. The second-order valence-corrected chi connectivity index (χ2v) is 6.90. The number of ether oxygens (including phenoxy) is 3. The van der Waals surface area contributed by atoms with Crippen LogP contribution in [-0.2, 0) is 6.42 Å². The van der Waals surface area contributed by atoms with Crippen molar-refractivity contribution in [2.75, 3.05) is 21.3 Å². The molecule has 0 atom stereocenters. The van der Waals surface area contributed by atoms with Gasteiger partial charge in [0.15, 0.2) is 0 Å². The van der Waals surface area contributed by atoms with E-state index in [9.17, 15) is 0 Å². The van der Waals surface area contributed by atoms with Gasteiger partial charge in [-0.2, -0.15) is 0 Å². The number of hydrogen-bond acceptors (Lipinski definition) is 6. The molecule has 0 saturated heterocycles. The van der Waals surface area contributed by atoms with Crippen LogP contribution in [-0.4, -0.2) is 32.5 Å². The molecule has 26 heavy (non-hydrogen) atoms. The molecular formula is C20H18N2O3S. The Balaban J connectivity index is 1.61. The Kier molecular flexibility index (Phi) is 4.34. The Labute approximate surface area is 155 Å².